The first-order chi connectivity index (χ1) is 17.0. The first-order valence-corrected chi connectivity index (χ1v) is 12.2. The van der Waals surface area contributed by atoms with E-state index in [0.29, 0.717) is 31.1 Å². The van der Waals surface area contributed by atoms with Gasteiger partial charge in [0.05, 0.1) is 23.4 Å². The van der Waals surface area contributed by atoms with E-state index in [1.807, 2.05) is 18.7 Å². The molecule has 0 spiro atoms. The number of rotatable bonds is 10. The predicted molar refractivity (Wildman–Crippen MR) is 131 cm³/mol. The van der Waals surface area contributed by atoms with Crippen LogP contribution >= 0.6 is 0 Å². The lowest BCUT2D eigenvalue weighted by molar-refractivity contribution is -0.137. The van der Waals surface area contributed by atoms with Gasteiger partial charge in [0.2, 0.25) is 5.88 Å². The lowest BCUT2D eigenvalue weighted by Gasteiger charge is -2.28. The van der Waals surface area contributed by atoms with Crippen LogP contribution in [0.5, 0.6) is 5.88 Å². The molecular formula is C26H32F2N4O4. The average molecular weight is 503 g/mol. The van der Waals surface area contributed by atoms with Crippen molar-refractivity contribution in [2.45, 2.75) is 57.5 Å². The van der Waals surface area contributed by atoms with E-state index in [0.717, 1.165) is 18.9 Å². The minimum Gasteiger partial charge on any atom is -0.481 e. The summed E-state index contributed by atoms with van der Waals surface area (Å²) in [6.45, 7) is 4.84. The molecule has 8 nitrogen and oxygen atoms in total. The monoisotopic (exact) mass is 502 g/mol. The number of amides is 1. The summed E-state index contributed by atoms with van der Waals surface area (Å²) in [4.78, 5) is 30.6. The molecule has 2 fully saturated rings. The second kappa shape index (κ2) is 10.4. The standard InChI is InChI=1S/C26H32F2N4O4/c1-15(16-5-6-16)31-24(35)20-13-30-25(36-9-3-4-21(33)34)22(17-10-18(27)12-19(28)11-17)23(20)32-8-7-26(2,29)14-32/h10-13,15-16H,3-9,14,29H2,1-2H3,(H,31,35)(H,33,34)/t15-,26-/m0/s1. The molecule has 1 aliphatic heterocycles. The smallest absolute Gasteiger partial charge is 0.303 e. The third-order valence-electron chi connectivity index (χ3n) is 6.70. The molecule has 2 heterocycles. The van der Waals surface area contributed by atoms with Crippen molar-refractivity contribution in [3.05, 3.63) is 41.6 Å². The lowest BCUT2D eigenvalue weighted by Crippen LogP contribution is -2.40. The summed E-state index contributed by atoms with van der Waals surface area (Å²) in [5.74, 6) is -2.37. The molecule has 0 unspecified atom stereocenters. The molecule has 2 aromatic rings. The van der Waals surface area contributed by atoms with Crippen LogP contribution in [0.25, 0.3) is 11.1 Å². The number of carboxylic acids is 1. The Kier molecular flexibility index (Phi) is 7.44. The number of benzene rings is 1. The summed E-state index contributed by atoms with van der Waals surface area (Å²) >= 11 is 0. The van der Waals surface area contributed by atoms with Crippen LogP contribution < -0.4 is 20.7 Å². The van der Waals surface area contributed by atoms with Gasteiger partial charge in [-0.25, -0.2) is 13.8 Å². The topological polar surface area (TPSA) is 118 Å². The fraction of sp³-hybridized carbons (Fsp3) is 0.500. The van der Waals surface area contributed by atoms with E-state index in [1.54, 1.807) is 0 Å². The van der Waals surface area contributed by atoms with Gasteiger partial charge in [0.15, 0.2) is 0 Å². The van der Waals surface area contributed by atoms with E-state index in [2.05, 4.69) is 10.3 Å². The van der Waals surface area contributed by atoms with E-state index >= 15 is 0 Å². The Bertz CT molecular complexity index is 1130. The number of ether oxygens (including phenoxy) is 1. The summed E-state index contributed by atoms with van der Waals surface area (Å²) in [5.41, 5.74) is 7.02. The first-order valence-electron chi connectivity index (χ1n) is 12.2. The van der Waals surface area contributed by atoms with E-state index < -0.39 is 23.1 Å². The molecule has 0 bridgehead atoms. The Balaban J connectivity index is 1.82. The van der Waals surface area contributed by atoms with Crippen molar-refractivity contribution in [3.8, 4) is 17.0 Å². The van der Waals surface area contributed by atoms with Gasteiger partial charge in [0.25, 0.3) is 5.91 Å². The molecule has 2 aliphatic rings. The quantitative estimate of drug-likeness (QED) is 0.424. The highest BCUT2D eigenvalue weighted by Crippen LogP contribution is 2.43. The fourth-order valence-corrected chi connectivity index (χ4v) is 4.61. The third-order valence-corrected chi connectivity index (χ3v) is 6.70. The maximum atomic E-state index is 14.3. The zero-order valence-corrected chi connectivity index (χ0v) is 20.5. The van der Waals surface area contributed by atoms with Crippen LogP contribution in [0.3, 0.4) is 0 Å². The molecule has 1 aromatic carbocycles. The minimum absolute atomic E-state index is 0.0225. The summed E-state index contributed by atoms with van der Waals surface area (Å²) in [6, 6.07) is 3.08. The Morgan fingerprint density at radius 2 is 2.00 bits per heavy atom. The molecule has 10 heteroatoms. The molecule has 36 heavy (non-hydrogen) atoms. The summed E-state index contributed by atoms with van der Waals surface area (Å²) in [6.07, 6.45) is 4.29. The summed E-state index contributed by atoms with van der Waals surface area (Å²) in [5, 5.41) is 12.0. The zero-order chi connectivity index (χ0) is 26.0. The van der Waals surface area contributed by atoms with E-state index in [1.165, 1.54) is 18.3 Å². The van der Waals surface area contributed by atoms with Gasteiger partial charge in [-0.2, -0.15) is 0 Å². The number of pyridine rings is 1. The molecule has 1 amide bonds. The number of carbonyl (C=O) groups is 2. The van der Waals surface area contributed by atoms with Crippen molar-refractivity contribution in [2.75, 3.05) is 24.6 Å². The number of nitrogens with zero attached hydrogens (tertiary/aromatic N) is 2. The van der Waals surface area contributed by atoms with Gasteiger partial charge in [-0.15, -0.1) is 0 Å². The number of carboxylic acid groups (broad SMARTS) is 1. The van der Waals surface area contributed by atoms with Crippen LogP contribution in [0, 0.1) is 17.6 Å². The molecule has 1 aromatic heterocycles. The molecule has 4 rings (SSSR count). The van der Waals surface area contributed by atoms with Crippen LogP contribution in [0.1, 0.15) is 56.3 Å². The number of carbonyl (C=O) groups excluding carboxylic acids is 1. The molecule has 4 N–H and O–H groups in total. The van der Waals surface area contributed by atoms with Gasteiger partial charge in [-0.05, 0) is 63.1 Å². The Morgan fingerprint density at radius 1 is 1.31 bits per heavy atom. The highest BCUT2D eigenvalue weighted by atomic mass is 19.1. The highest BCUT2D eigenvalue weighted by molar-refractivity contribution is 6.04. The minimum atomic E-state index is -0.962. The van der Waals surface area contributed by atoms with Gasteiger partial charge in [0.1, 0.15) is 11.6 Å². The predicted octanol–water partition coefficient (Wildman–Crippen LogP) is 3.73. The number of hydrogen-bond acceptors (Lipinski definition) is 6. The van der Waals surface area contributed by atoms with Crippen LogP contribution in [-0.2, 0) is 4.79 Å². The molecule has 1 saturated heterocycles. The number of halogens is 2. The van der Waals surface area contributed by atoms with Gasteiger partial charge < -0.3 is 25.8 Å². The van der Waals surface area contributed by atoms with E-state index in [4.69, 9.17) is 15.6 Å². The Hall–Kier alpha value is -3.27. The van der Waals surface area contributed by atoms with E-state index in [9.17, 15) is 18.4 Å². The maximum absolute atomic E-state index is 14.3. The highest BCUT2D eigenvalue weighted by Gasteiger charge is 2.36. The SMILES string of the molecule is C[C@H](NC(=O)c1cnc(OCCCC(=O)O)c(-c2cc(F)cc(F)c2)c1N1CC[C@](C)(N)C1)C1CC1. The summed E-state index contributed by atoms with van der Waals surface area (Å²) < 4.78 is 34.5. The van der Waals surface area contributed by atoms with Gasteiger partial charge in [0, 0.05) is 43.4 Å². The van der Waals surface area contributed by atoms with Crippen molar-refractivity contribution in [1.82, 2.24) is 10.3 Å². The van der Waals surface area contributed by atoms with Crippen LogP contribution in [0.2, 0.25) is 0 Å². The third kappa shape index (κ3) is 6.10. The molecular weight excluding hydrogens is 470 g/mol. The van der Waals surface area contributed by atoms with E-state index in [-0.39, 0.29) is 54.0 Å². The van der Waals surface area contributed by atoms with Crippen molar-refractivity contribution < 1.29 is 28.2 Å². The summed E-state index contributed by atoms with van der Waals surface area (Å²) in [7, 11) is 0. The number of anilines is 1. The van der Waals surface area contributed by atoms with Crippen molar-refractivity contribution in [1.29, 1.82) is 0 Å². The number of hydrogen-bond donors (Lipinski definition) is 3. The van der Waals surface area contributed by atoms with Crippen molar-refractivity contribution in [2.24, 2.45) is 11.7 Å². The van der Waals surface area contributed by atoms with Crippen LogP contribution in [-0.4, -0.2) is 53.2 Å². The second-order valence-electron chi connectivity index (χ2n) is 10.1. The van der Waals surface area contributed by atoms with Crippen molar-refractivity contribution >= 4 is 17.6 Å². The zero-order valence-electron chi connectivity index (χ0n) is 20.5. The van der Waals surface area contributed by atoms with Crippen molar-refractivity contribution in [3.63, 3.8) is 0 Å². The molecule has 194 valence electrons. The fourth-order valence-electron chi connectivity index (χ4n) is 4.61. The maximum Gasteiger partial charge on any atom is 0.303 e. The first kappa shape index (κ1) is 25.8. The molecule has 1 aliphatic carbocycles. The van der Waals surface area contributed by atoms with Crippen LogP contribution in [0.15, 0.2) is 24.4 Å². The lowest BCUT2D eigenvalue weighted by atomic mass is 9.99. The normalized spacial score (nSPS) is 20.3. The molecule has 1 saturated carbocycles. The van der Waals surface area contributed by atoms with Gasteiger partial charge in [-0.1, -0.05) is 0 Å². The van der Waals surface area contributed by atoms with Gasteiger partial charge >= 0.3 is 5.97 Å². The number of aromatic nitrogens is 1. The average Bonchev–Trinajstić information content (AvgIpc) is 3.58. The second-order valence-corrected chi connectivity index (χ2v) is 10.1. The number of nitrogens with one attached hydrogen (secondary N) is 1. The molecule has 0 radical (unpaired) electrons. The number of nitrogens with two attached hydrogens (primary N) is 1. The number of aliphatic carboxylic acids is 1. The Morgan fingerprint density at radius 3 is 2.58 bits per heavy atom. The Labute approximate surface area is 208 Å². The largest absolute Gasteiger partial charge is 0.481 e. The molecule has 2 atom stereocenters. The van der Waals surface area contributed by atoms with Crippen LogP contribution in [0.4, 0.5) is 14.5 Å². The van der Waals surface area contributed by atoms with Gasteiger partial charge in [-0.3, -0.25) is 9.59 Å².